The molecule has 0 N–H and O–H groups in total. The number of nitrogens with zero attached hydrogens (tertiary/aromatic N) is 2. The molecule has 0 saturated heterocycles. The first-order valence-electron chi connectivity index (χ1n) is 12.4. The van der Waals surface area contributed by atoms with Crippen LogP contribution in [0.3, 0.4) is 0 Å². The normalized spacial score (nSPS) is 12.4. The van der Waals surface area contributed by atoms with Crippen molar-refractivity contribution < 1.29 is 0 Å². The van der Waals surface area contributed by atoms with Gasteiger partial charge >= 0.3 is 0 Å². The molecule has 0 aliphatic carbocycles. The van der Waals surface area contributed by atoms with Gasteiger partial charge in [0.05, 0.1) is 22.4 Å². The van der Waals surface area contributed by atoms with Gasteiger partial charge in [-0.2, -0.15) is 0 Å². The zero-order valence-corrected chi connectivity index (χ0v) is 19.6. The van der Waals surface area contributed by atoms with E-state index in [9.17, 15) is 0 Å². The molecule has 2 nitrogen and oxygen atoms in total. The molecule has 7 aromatic rings. The van der Waals surface area contributed by atoms with Crippen LogP contribution in [0.4, 0.5) is 17.1 Å². The third-order valence-corrected chi connectivity index (χ3v) is 7.48. The molecule has 0 saturated carbocycles. The van der Waals surface area contributed by atoms with E-state index < -0.39 is 0 Å². The largest absolute Gasteiger partial charge is 0.309 e. The number of fused-ring (bicyclic) bond motifs is 6. The molecule has 36 heavy (non-hydrogen) atoms. The maximum atomic E-state index is 2.47. The van der Waals surface area contributed by atoms with E-state index in [0.717, 1.165) is 0 Å². The summed E-state index contributed by atoms with van der Waals surface area (Å²) in [6.07, 6.45) is 0. The van der Waals surface area contributed by atoms with Crippen molar-refractivity contribution in [2.24, 2.45) is 0 Å². The fourth-order valence-electron chi connectivity index (χ4n) is 6.04. The van der Waals surface area contributed by atoms with Crippen LogP contribution in [0.5, 0.6) is 0 Å². The van der Waals surface area contributed by atoms with E-state index >= 15 is 0 Å². The molecule has 2 heterocycles. The van der Waals surface area contributed by atoms with Gasteiger partial charge in [-0.05, 0) is 53.4 Å². The van der Waals surface area contributed by atoms with Crippen LogP contribution in [0.15, 0.2) is 133 Å². The lowest BCUT2D eigenvalue weighted by molar-refractivity contribution is 1.18. The van der Waals surface area contributed by atoms with Gasteiger partial charge in [-0.1, -0.05) is 91.0 Å². The smallest absolute Gasteiger partial charge is 0.0640 e. The highest BCUT2D eigenvalue weighted by atomic mass is 15.2. The van der Waals surface area contributed by atoms with Crippen molar-refractivity contribution in [1.29, 1.82) is 0 Å². The monoisotopic (exact) mass is 458 g/mol. The van der Waals surface area contributed by atoms with Crippen LogP contribution < -0.4 is 4.90 Å². The van der Waals surface area contributed by atoms with Crippen LogP contribution in [-0.4, -0.2) is 4.57 Å². The number of hydrogen-bond donors (Lipinski definition) is 0. The first-order chi connectivity index (χ1) is 17.9. The Kier molecular flexibility index (Phi) is 3.97. The SMILES string of the molecule is c1ccc(N2c3cccc4cccc(c34)-c3ccc4c(c32)c2ccccc2n4-c2ccccc2)cc1. The Hall–Kier alpha value is -4.82. The van der Waals surface area contributed by atoms with E-state index in [1.807, 2.05) is 0 Å². The van der Waals surface area contributed by atoms with Crippen LogP contribution in [0.1, 0.15) is 0 Å². The average molecular weight is 459 g/mol. The summed E-state index contributed by atoms with van der Waals surface area (Å²) in [7, 11) is 0. The molecule has 0 fully saturated rings. The third-order valence-electron chi connectivity index (χ3n) is 7.48. The van der Waals surface area contributed by atoms with Crippen molar-refractivity contribution >= 4 is 49.6 Å². The van der Waals surface area contributed by atoms with Crippen molar-refractivity contribution in [3.05, 3.63) is 133 Å². The van der Waals surface area contributed by atoms with Crippen molar-refractivity contribution in [1.82, 2.24) is 4.57 Å². The summed E-state index contributed by atoms with van der Waals surface area (Å²) in [5, 5.41) is 5.12. The van der Waals surface area contributed by atoms with Gasteiger partial charge in [0.2, 0.25) is 0 Å². The molecule has 1 aromatic heterocycles. The molecule has 0 radical (unpaired) electrons. The average Bonchev–Trinajstić information content (AvgIpc) is 3.29. The van der Waals surface area contributed by atoms with Crippen LogP contribution >= 0.6 is 0 Å². The van der Waals surface area contributed by atoms with E-state index in [1.54, 1.807) is 0 Å². The topological polar surface area (TPSA) is 8.17 Å². The minimum absolute atomic E-state index is 1.17. The fourth-order valence-corrected chi connectivity index (χ4v) is 6.04. The van der Waals surface area contributed by atoms with E-state index in [-0.39, 0.29) is 0 Å². The fraction of sp³-hybridized carbons (Fsp3) is 0. The highest BCUT2D eigenvalue weighted by Gasteiger charge is 2.29. The molecule has 8 rings (SSSR count). The summed E-state index contributed by atoms with van der Waals surface area (Å²) in [4.78, 5) is 2.47. The van der Waals surface area contributed by atoms with E-state index in [2.05, 4.69) is 143 Å². The molecule has 0 amide bonds. The van der Waals surface area contributed by atoms with Gasteiger partial charge in [0, 0.05) is 33.1 Å². The van der Waals surface area contributed by atoms with Gasteiger partial charge < -0.3 is 9.47 Å². The molecule has 0 atom stereocenters. The lowest BCUT2D eigenvalue weighted by atomic mass is 9.89. The molecule has 2 heteroatoms. The second-order valence-electron chi connectivity index (χ2n) is 9.40. The second-order valence-corrected chi connectivity index (χ2v) is 9.40. The Balaban J connectivity index is 1.60. The van der Waals surface area contributed by atoms with Gasteiger partial charge in [0.1, 0.15) is 0 Å². The highest BCUT2D eigenvalue weighted by molar-refractivity contribution is 6.24. The quantitative estimate of drug-likeness (QED) is 0.250. The third kappa shape index (κ3) is 2.56. The molecular weight excluding hydrogens is 436 g/mol. The van der Waals surface area contributed by atoms with Crippen molar-refractivity contribution in [2.45, 2.75) is 0 Å². The first kappa shape index (κ1) is 19.5. The molecular formula is C34H22N2. The second kappa shape index (κ2) is 7.34. The van der Waals surface area contributed by atoms with E-state index in [1.165, 1.54) is 66.5 Å². The number of rotatable bonds is 2. The molecule has 1 aliphatic rings. The summed E-state index contributed by atoms with van der Waals surface area (Å²) in [6.45, 7) is 0. The lowest BCUT2D eigenvalue weighted by Gasteiger charge is -2.34. The van der Waals surface area contributed by atoms with Crippen LogP contribution in [0.25, 0.3) is 49.4 Å². The van der Waals surface area contributed by atoms with Crippen molar-refractivity contribution in [3.63, 3.8) is 0 Å². The van der Waals surface area contributed by atoms with Crippen molar-refractivity contribution in [3.8, 4) is 16.8 Å². The van der Waals surface area contributed by atoms with Crippen LogP contribution in [0.2, 0.25) is 0 Å². The molecule has 168 valence electrons. The summed E-state index contributed by atoms with van der Waals surface area (Å²) in [6, 6.07) is 48.2. The summed E-state index contributed by atoms with van der Waals surface area (Å²) < 4.78 is 2.40. The zero-order valence-electron chi connectivity index (χ0n) is 19.6. The number of hydrogen-bond acceptors (Lipinski definition) is 1. The number of anilines is 3. The maximum Gasteiger partial charge on any atom is 0.0640 e. The maximum absolute atomic E-state index is 2.47. The standard InChI is InChI=1S/C34H22N2/c1-3-13-24(14-4-1)35-29-19-8-7-17-28(29)33-31(35)22-21-27-26-18-9-11-23-12-10-20-30(32(23)26)36(34(27)33)25-15-5-2-6-16-25/h1-22H. The number of para-hydroxylation sites is 3. The predicted molar refractivity (Wildman–Crippen MR) is 152 cm³/mol. The van der Waals surface area contributed by atoms with Gasteiger partial charge in [-0.25, -0.2) is 0 Å². The Bertz CT molecular complexity index is 1930. The number of benzene rings is 6. The zero-order chi connectivity index (χ0) is 23.6. The summed E-state index contributed by atoms with van der Waals surface area (Å²) in [5.74, 6) is 0. The summed E-state index contributed by atoms with van der Waals surface area (Å²) in [5.41, 5.74) is 9.82. The molecule has 6 aromatic carbocycles. The van der Waals surface area contributed by atoms with Crippen molar-refractivity contribution in [2.75, 3.05) is 4.90 Å². The van der Waals surface area contributed by atoms with Gasteiger partial charge in [0.25, 0.3) is 0 Å². The Morgan fingerprint density at radius 2 is 1.11 bits per heavy atom. The van der Waals surface area contributed by atoms with E-state index in [0.29, 0.717) is 0 Å². The van der Waals surface area contributed by atoms with Gasteiger partial charge in [-0.3, -0.25) is 0 Å². The van der Waals surface area contributed by atoms with E-state index in [4.69, 9.17) is 0 Å². The lowest BCUT2D eigenvalue weighted by Crippen LogP contribution is -2.15. The Morgan fingerprint density at radius 3 is 1.92 bits per heavy atom. The molecule has 1 aliphatic heterocycles. The van der Waals surface area contributed by atoms with Crippen LogP contribution in [-0.2, 0) is 0 Å². The highest BCUT2D eigenvalue weighted by Crippen LogP contribution is 2.54. The number of aromatic nitrogens is 1. The molecule has 0 unspecified atom stereocenters. The van der Waals surface area contributed by atoms with Gasteiger partial charge in [-0.15, -0.1) is 0 Å². The Labute approximate surface area is 209 Å². The predicted octanol–water partition coefficient (Wildman–Crippen LogP) is 9.39. The first-order valence-corrected chi connectivity index (χ1v) is 12.4. The van der Waals surface area contributed by atoms with Gasteiger partial charge in [0.15, 0.2) is 0 Å². The minimum Gasteiger partial charge on any atom is -0.309 e. The molecule has 0 spiro atoms. The van der Waals surface area contributed by atoms with Crippen LogP contribution in [0, 0.1) is 0 Å². The minimum atomic E-state index is 1.17. The summed E-state index contributed by atoms with van der Waals surface area (Å²) >= 11 is 0. The Morgan fingerprint density at radius 1 is 0.417 bits per heavy atom. The molecule has 0 bridgehead atoms.